The molecular weight excluding hydrogens is 357 g/mol. The number of rotatable bonds is 5. The van der Waals surface area contributed by atoms with Crippen LogP contribution < -0.4 is 10.1 Å². The summed E-state index contributed by atoms with van der Waals surface area (Å²) in [6.45, 7) is 5.07. The molecule has 0 bridgehead atoms. The molecule has 0 heterocycles. The van der Waals surface area contributed by atoms with E-state index < -0.39 is 5.82 Å². The van der Waals surface area contributed by atoms with E-state index in [-0.39, 0.29) is 11.1 Å². The van der Waals surface area contributed by atoms with Gasteiger partial charge in [0.15, 0.2) is 0 Å². The average molecular weight is 373 g/mol. The summed E-state index contributed by atoms with van der Waals surface area (Å²) in [4.78, 5) is 0. The van der Waals surface area contributed by atoms with Gasteiger partial charge in [0.1, 0.15) is 17.3 Å². The number of ether oxygens (including phenoxy) is 1. The second kappa shape index (κ2) is 7.25. The van der Waals surface area contributed by atoms with Crippen LogP contribution in [0.3, 0.4) is 0 Å². The minimum absolute atomic E-state index is 0.0453. The molecule has 0 aliphatic rings. The summed E-state index contributed by atoms with van der Waals surface area (Å²) in [6, 6.07) is 10.3. The van der Waals surface area contributed by atoms with Gasteiger partial charge in [-0.15, -0.1) is 0 Å². The van der Waals surface area contributed by atoms with Gasteiger partial charge in [-0.05, 0) is 43.3 Å². The Bertz CT molecular complexity index is 636. The predicted molar refractivity (Wildman–Crippen MR) is 87.7 cm³/mol. The lowest BCUT2D eigenvalue weighted by Gasteiger charge is -2.15. The number of hydrogen-bond donors (Lipinski definition) is 1. The molecule has 112 valence electrons. The van der Waals surface area contributed by atoms with E-state index in [9.17, 15) is 4.39 Å². The minimum atomic E-state index is -0.458. The molecule has 0 spiro atoms. The Labute approximate surface area is 137 Å². The van der Waals surface area contributed by atoms with Crippen molar-refractivity contribution in [1.82, 2.24) is 5.32 Å². The molecule has 1 atom stereocenters. The molecule has 0 fully saturated rings. The molecule has 2 aromatic carbocycles. The molecule has 2 rings (SSSR count). The van der Waals surface area contributed by atoms with Gasteiger partial charge in [0, 0.05) is 16.6 Å². The largest absolute Gasteiger partial charge is 0.457 e. The Kier molecular flexibility index (Phi) is 5.62. The molecular formula is C16H16BrClFNO. The molecule has 0 aromatic heterocycles. The van der Waals surface area contributed by atoms with E-state index in [2.05, 4.69) is 35.1 Å². The Hall–Kier alpha value is -1.10. The van der Waals surface area contributed by atoms with Crippen LogP contribution in [-0.2, 0) is 0 Å². The van der Waals surface area contributed by atoms with Crippen molar-refractivity contribution >= 4 is 27.5 Å². The lowest BCUT2D eigenvalue weighted by atomic mass is 10.1. The average Bonchev–Trinajstić information content (AvgIpc) is 2.43. The quantitative estimate of drug-likeness (QED) is 0.726. The Balaban J connectivity index is 2.18. The molecule has 2 nitrogen and oxygen atoms in total. The molecule has 1 unspecified atom stereocenters. The van der Waals surface area contributed by atoms with Crippen LogP contribution in [0.25, 0.3) is 0 Å². The van der Waals surface area contributed by atoms with Crippen molar-refractivity contribution in [1.29, 1.82) is 0 Å². The predicted octanol–water partition coefficient (Wildman–Crippen LogP) is 5.70. The van der Waals surface area contributed by atoms with Crippen LogP contribution in [0.4, 0.5) is 4.39 Å². The van der Waals surface area contributed by atoms with Gasteiger partial charge in [-0.3, -0.25) is 0 Å². The van der Waals surface area contributed by atoms with Crippen LogP contribution in [-0.4, -0.2) is 6.54 Å². The van der Waals surface area contributed by atoms with Crippen molar-refractivity contribution in [2.45, 2.75) is 19.9 Å². The first-order valence-electron chi connectivity index (χ1n) is 6.67. The van der Waals surface area contributed by atoms with Gasteiger partial charge in [0.2, 0.25) is 0 Å². The normalized spacial score (nSPS) is 12.2. The number of nitrogens with one attached hydrogen (secondary N) is 1. The van der Waals surface area contributed by atoms with Crippen LogP contribution in [0, 0.1) is 5.82 Å². The molecule has 0 amide bonds. The Morgan fingerprint density at radius 2 is 1.90 bits per heavy atom. The topological polar surface area (TPSA) is 21.3 Å². The molecule has 21 heavy (non-hydrogen) atoms. The molecule has 1 N–H and O–H groups in total. The lowest BCUT2D eigenvalue weighted by Crippen LogP contribution is -2.17. The maximum Gasteiger partial charge on any atom is 0.142 e. The highest BCUT2D eigenvalue weighted by atomic mass is 79.9. The summed E-state index contributed by atoms with van der Waals surface area (Å²) >= 11 is 9.29. The third-order valence-corrected chi connectivity index (χ3v) is 4.05. The van der Waals surface area contributed by atoms with E-state index in [0.717, 1.165) is 16.6 Å². The van der Waals surface area contributed by atoms with Gasteiger partial charge in [0.25, 0.3) is 0 Å². The number of halogens is 3. The maximum absolute atomic E-state index is 13.1. The van der Waals surface area contributed by atoms with Gasteiger partial charge in [-0.25, -0.2) is 4.39 Å². The van der Waals surface area contributed by atoms with E-state index in [4.69, 9.17) is 16.3 Å². The second-order valence-electron chi connectivity index (χ2n) is 4.64. The Morgan fingerprint density at radius 3 is 2.52 bits per heavy atom. The van der Waals surface area contributed by atoms with E-state index in [0.29, 0.717) is 11.5 Å². The molecule has 2 aromatic rings. The van der Waals surface area contributed by atoms with Crippen molar-refractivity contribution in [3.63, 3.8) is 0 Å². The second-order valence-corrected chi connectivity index (χ2v) is 5.90. The number of benzene rings is 2. The van der Waals surface area contributed by atoms with Crippen LogP contribution in [0.15, 0.2) is 40.9 Å². The Morgan fingerprint density at radius 1 is 1.24 bits per heavy atom. The summed E-state index contributed by atoms with van der Waals surface area (Å²) < 4.78 is 19.8. The van der Waals surface area contributed by atoms with Crippen LogP contribution >= 0.6 is 27.5 Å². The standard InChI is InChI=1S/C16H16BrClFNO/c1-3-20-10(2)13-6-4-11(8-14(13)17)21-12-5-7-16(19)15(18)9-12/h4-10,20H,3H2,1-2H3. The first-order chi connectivity index (χ1) is 10.0. The van der Waals surface area contributed by atoms with Crippen molar-refractivity contribution in [3.05, 3.63) is 57.3 Å². The molecule has 0 aliphatic carbocycles. The maximum atomic E-state index is 13.1. The highest BCUT2D eigenvalue weighted by Crippen LogP contribution is 2.31. The van der Waals surface area contributed by atoms with Crippen molar-refractivity contribution in [3.8, 4) is 11.5 Å². The fraction of sp³-hybridized carbons (Fsp3) is 0.250. The summed E-state index contributed by atoms with van der Waals surface area (Å²) in [7, 11) is 0. The van der Waals surface area contributed by atoms with Crippen molar-refractivity contribution < 1.29 is 9.13 Å². The molecule has 0 radical (unpaired) electrons. The zero-order valence-electron chi connectivity index (χ0n) is 11.8. The van der Waals surface area contributed by atoms with Gasteiger partial charge in [-0.1, -0.05) is 40.5 Å². The molecule has 0 saturated carbocycles. The van der Waals surface area contributed by atoms with Crippen LogP contribution in [0.2, 0.25) is 5.02 Å². The summed E-state index contributed by atoms with van der Waals surface area (Å²) in [6.07, 6.45) is 0. The molecule has 0 aliphatic heterocycles. The van der Waals surface area contributed by atoms with Crippen molar-refractivity contribution in [2.24, 2.45) is 0 Å². The zero-order chi connectivity index (χ0) is 15.4. The van der Waals surface area contributed by atoms with Gasteiger partial charge in [0.05, 0.1) is 5.02 Å². The molecule has 0 saturated heterocycles. The fourth-order valence-electron chi connectivity index (χ4n) is 2.02. The third-order valence-electron chi connectivity index (χ3n) is 3.08. The first kappa shape index (κ1) is 16.3. The van der Waals surface area contributed by atoms with E-state index in [1.807, 2.05) is 18.2 Å². The third kappa shape index (κ3) is 4.19. The van der Waals surface area contributed by atoms with E-state index in [1.54, 1.807) is 6.07 Å². The number of hydrogen-bond acceptors (Lipinski definition) is 2. The van der Waals surface area contributed by atoms with Gasteiger partial charge >= 0.3 is 0 Å². The first-order valence-corrected chi connectivity index (χ1v) is 7.84. The monoisotopic (exact) mass is 371 g/mol. The fourth-order valence-corrected chi connectivity index (χ4v) is 2.89. The molecule has 5 heteroatoms. The van der Waals surface area contributed by atoms with E-state index >= 15 is 0 Å². The lowest BCUT2D eigenvalue weighted by molar-refractivity contribution is 0.479. The van der Waals surface area contributed by atoms with Crippen LogP contribution in [0.1, 0.15) is 25.5 Å². The van der Waals surface area contributed by atoms with Crippen molar-refractivity contribution in [2.75, 3.05) is 6.54 Å². The van der Waals surface area contributed by atoms with Gasteiger partial charge in [-0.2, -0.15) is 0 Å². The highest BCUT2D eigenvalue weighted by Gasteiger charge is 2.10. The van der Waals surface area contributed by atoms with Gasteiger partial charge < -0.3 is 10.1 Å². The summed E-state index contributed by atoms with van der Waals surface area (Å²) in [5.74, 6) is 0.706. The summed E-state index contributed by atoms with van der Waals surface area (Å²) in [5, 5.41) is 3.40. The smallest absolute Gasteiger partial charge is 0.142 e. The summed E-state index contributed by atoms with van der Waals surface area (Å²) in [5.41, 5.74) is 1.15. The highest BCUT2D eigenvalue weighted by molar-refractivity contribution is 9.10. The van der Waals surface area contributed by atoms with E-state index in [1.165, 1.54) is 12.1 Å². The zero-order valence-corrected chi connectivity index (χ0v) is 14.1. The SMILES string of the molecule is CCNC(C)c1ccc(Oc2ccc(F)c(Cl)c2)cc1Br. The minimum Gasteiger partial charge on any atom is -0.457 e. The van der Waals surface area contributed by atoms with Crippen LogP contribution in [0.5, 0.6) is 11.5 Å².